The predicted molar refractivity (Wildman–Crippen MR) is 74.3 cm³/mol. The van der Waals surface area contributed by atoms with Crippen LogP contribution >= 0.6 is 0 Å². The summed E-state index contributed by atoms with van der Waals surface area (Å²) in [5, 5.41) is 3.69. The van der Waals surface area contributed by atoms with Gasteiger partial charge in [0, 0.05) is 6.04 Å². The van der Waals surface area contributed by atoms with Gasteiger partial charge in [-0.15, -0.1) is 0 Å². The van der Waals surface area contributed by atoms with Crippen LogP contribution in [-0.2, 0) is 4.74 Å². The van der Waals surface area contributed by atoms with E-state index in [4.69, 9.17) is 4.74 Å². The molecule has 0 bridgehead atoms. The van der Waals surface area contributed by atoms with E-state index in [1.54, 1.807) is 0 Å². The maximum Gasteiger partial charge on any atom is 0.0580 e. The van der Waals surface area contributed by atoms with Crippen molar-refractivity contribution in [1.82, 2.24) is 5.32 Å². The van der Waals surface area contributed by atoms with Gasteiger partial charge in [-0.2, -0.15) is 0 Å². The number of nitrogens with one attached hydrogen (secondary N) is 1. The molecule has 1 N–H and O–H groups in total. The van der Waals surface area contributed by atoms with Crippen LogP contribution in [0.4, 0.5) is 0 Å². The van der Waals surface area contributed by atoms with Crippen molar-refractivity contribution in [2.24, 2.45) is 5.41 Å². The van der Waals surface area contributed by atoms with E-state index in [0.717, 1.165) is 6.54 Å². The average Bonchev–Trinajstić information content (AvgIpc) is 2.62. The van der Waals surface area contributed by atoms with Crippen molar-refractivity contribution in [3.8, 4) is 0 Å². The highest BCUT2D eigenvalue weighted by molar-refractivity contribution is 4.82. The standard InChI is InChI=1S/C15H31NO/c1-6-11-16-14(15(3,4)5)10-9-13-8-7-12(2)17-13/h12-14,16H,6-11H2,1-5H3. The van der Waals surface area contributed by atoms with Crippen LogP contribution < -0.4 is 5.32 Å². The second kappa shape index (κ2) is 6.75. The van der Waals surface area contributed by atoms with Gasteiger partial charge >= 0.3 is 0 Å². The Balaban J connectivity index is 2.33. The Morgan fingerprint density at radius 3 is 2.47 bits per heavy atom. The van der Waals surface area contributed by atoms with Crippen molar-refractivity contribution in [3.05, 3.63) is 0 Å². The highest BCUT2D eigenvalue weighted by Crippen LogP contribution is 2.27. The van der Waals surface area contributed by atoms with Gasteiger partial charge in [0.2, 0.25) is 0 Å². The largest absolute Gasteiger partial charge is 0.375 e. The van der Waals surface area contributed by atoms with E-state index in [1.807, 2.05) is 0 Å². The summed E-state index contributed by atoms with van der Waals surface area (Å²) in [5.41, 5.74) is 0.347. The first-order chi connectivity index (χ1) is 7.93. The Hall–Kier alpha value is -0.0800. The third-order valence-electron chi connectivity index (χ3n) is 3.78. The second-order valence-corrected chi connectivity index (χ2v) is 6.60. The topological polar surface area (TPSA) is 21.3 Å². The van der Waals surface area contributed by atoms with Crippen molar-refractivity contribution >= 4 is 0 Å². The zero-order valence-electron chi connectivity index (χ0n) is 12.4. The first-order valence-corrected chi connectivity index (χ1v) is 7.32. The molecule has 0 aromatic carbocycles. The van der Waals surface area contributed by atoms with Gasteiger partial charge in [0.1, 0.15) is 0 Å². The molecule has 2 heteroatoms. The maximum absolute atomic E-state index is 5.90. The highest BCUT2D eigenvalue weighted by Gasteiger charge is 2.27. The Kier molecular flexibility index (Phi) is 5.94. The lowest BCUT2D eigenvalue weighted by Crippen LogP contribution is -2.41. The molecule has 1 heterocycles. The second-order valence-electron chi connectivity index (χ2n) is 6.60. The van der Waals surface area contributed by atoms with E-state index < -0.39 is 0 Å². The van der Waals surface area contributed by atoms with Crippen LogP contribution in [0.2, 0.25) is 0 Å². The van der Waals surface area contributed by atoms with Gasteiger partial charge in [-0.1, -0.05) is 27.7 Å². The predicted octanol–water partition coefficient (Wildman–Crippen LogP) is 3.75. The molecule has 0 radical (unpaired) electrons. The molecule has 17 heavy (non-hydrogen) atoms. The van der Waals surface area contributed by atoms with Gasteiger partial charge in [-0.05, 0) is 51.0 Å². The van der Waals surface area contributed by atoms with Crippen LogP contribution in [0.5, 0.6) is 0 Å². The molecule has 1 aliphatic rings. The van der Waals surface area contributed by atoms with Gasteiger partial charge < -0.3 is 10.1 Å². The highest BCUT2D eigenvalue weighted by atomic mass is 16.5. The average molecular weight is 241 g/mol. The third kappa shape index (κ3) is 5.39. The molecule has 0 amide bonds. The van der Waals surface area contributed by atoms with Crippen molar-refractivity contribution < 1.29 is 4.74 Å². The fourth-order valence-electron chi connectivity index (χ4n) is 2.61. The van der Waals surface area contributed by atoms with E-state index in [0.29, 0.717) is 23.7 Å². The summed E-state index contributed by atoms with van der Waals surface area (Å²) in [6.45, 7) is 12.5. The monoisotopic (exact) mass is 241 g/mol. The molecular weight excluding hydrogens is 210 g/mol. The zero-order chi connectivity index (χ0) is 12.9. The van der Waals surface area contributed by atoms with Gasteiger partial charge in [0.25, 0.3) is 0 Å². The summed E-state index contributed by atoms with van der Waals surface area (Å²) >= 11 is 0. The SMILES string of the molecule is CCCNC(CCC1CCC(C)O1)C(C)(C)C. The molecule has 3 atom stereocenters. The molecule has 102 valence electrons. The van der Waals surface area contributed by atoms with Crippen LogP contribution in [-0.4, -0.2) is 24.8 Å². The van der Waals surface area contributed by atoms with Crippen LogP contribution in [0, 0.1) is 5.41 Å². The summed E-state index contributed by atoms with van der Waals surface area (Å²) < 4.78 is 5.90. The van der Waals surface area contributed by atoms with Crippen LogP contribution in [0.15, 0.2) is 0 Å². The summed E-state index contributed by atoms with van der Waals surface area (Å²) in [6, 6.07) is 0.613. The number of rotatable bonds is 6. The number of ether oxygens (including phenoxy) is 1. The summed E-state index contributed by atoms with van der Waals surface area (Å²) in [7, 11) is 0. The zero-order valence-corrected chi connectivity index (χ0v) is 12.4. The minimum absolute atomic E-state index is 0.347. The van der Waals surface area contributed by atoms with E-state index in [9.17, 15) is 0 Å². The first-order valence-electron chi connectivity index (χ1n) is 7.32. The van der Waals surface area contributed by atoms with Crippen molar-refractivity contribution in [1.29, 1.82) is 0 Å². The molecule has 0 aromatic rings. The van der Waals surface area contributed by atoms with E-state index in [1.165, 1.54) is 32.1 Å². The van der Waals surface area contributed by atoms with Crippen molar-refractivity contribution in [2.75, 3.05) is 6.54 Å². The minimum Gasteiger partial charge on any atom is -0.375 e. The molecule has 0 aromatic heterocycles. The lowest BCUT2D eigenvalue weighted by molar-refractivity contribution is 0.0452. The molecule has 1 rings (SSSR count). The third-order valence-corrected chi connectivity index (χ3v) is 3.78. The Morgan fingerprint density at radius 2 is 2.00 bits per heavy atom. The molecule has 0 aliphatic carbocycles. The lowest BCUT2D eigenvalue weighted by Gasteiger charge is -2.32. The molecule has 0 spiro atoms. The number of hydrogen-bond acceptors (Lipinski definition) is 2. The van der Waals surface area contributed by atoms with Gasteiger partial charge in [-0.3, -0.25) is 0 Å². The molecule has 2 nitrogen and oxygen atoms in total. The Morgan fingerprint density at radius 1 is 1.29 bits per heavy atom. The normalized spacial score (nSPS) is 27.4. The Bertz CT molecular complexity index is 209. The first kappa shape index (κ1) is 15.0. The van der Waals surface area contributed by atoms with Crippen molar-refractivity contribution in [2.45, 2.75) is 85.0 Å². The van der Waals surface area contributed by atoms with E-state index in [2.05, 4.69) is 39.9 Å². The molecule has 1 fully saturated rings. The van der Waals surface area contributed by atoms with E-state index in [-0.39, 0.29) is 0 Å². The molecule has 1 saturated heterocycles. The summed E-state index contributed by atoms with van der Waals surface area (Å²) in [6.07, 6.45) is 7.15. The lowest BCUT2D eigenvalue weighted by atomic mass is 9.83. The summed E-state index contributed by atoms with van der Waals surface area (Å²) in [4.78, 5) is 0. The maximum atomic E-state index is 5.90. The molecule has 1 aliphatic heterocycles. The van der Waals surface area contributed by atoms with E-state index >= 15 is 0 Å². The fraction of sp³-hybridized carbons (Fsp3) is 1.00. The molecule has 0 saturated carbocycles. The number of hydrogen-bond donors (Lipinski definition) is 1. The van der Waals surface area contributed by atoms with Gasteiger partial charge in [0.15, 0.2) is 0 Å². The van der Waals surface area contributed by atoms with Crippen molar-refractivity contribution in [3.63, 3.8) is 0 Å². The fourth-order valence-corrected chi connectivity index (χ4v) is 2.61. The van der Waals surface area contributed by atoms with Gasteiger partial charge in [-0.25, -0.2) is 0 Å². The molecule has 3 unspecified atom stereocenters. The van der Waals surface area contributed by atoms with Crippen LogP contribution in [0.1, 0.15) is 66.7 Å². The Labute approximate surface area is 108 Å². The summed E-state index contributed by atoms with van der Waals surface area (Å²) in [5.74, 6) is 0. The van der Waals surface area contributed by atoms with Crippen LogP contribution in [0.3, 0.4) is 0 Å². The quantitative estimate of drug-likeness (QED) is 0.764. The molecular formula is C15H31NO. The smallest absolute Gasteiger partial charge is 0.0580 e. The minimum atomic E-state index is 0.347. The van der Waals surface area contributed by atoms with Gasteiger partial charge in [0.05, 0.1) is 12.2 Å². The van der Waals surface area contributed by atoms with Crippen LogP contribution in [0.25, 0.3) is 0 Å².